The van der Waals surface area contributed by atoms with Crippen LogP contribution in [0.15, 0.2) is 0 Å². The van der Waals surface area contributed by atoms with Crippen molar-refractivity contribution in [2.45, 2.75) is 65.7 Å². The first kappa shape index (κ1) is 15.0. The second-order valence-corrected chi connectivity index (χ2v) is 5.51. The minimum atomic E-state index is 0.805. The first-order valence-electron chi connectivity index (χ1n) is 7.68. The Kier molecular flexibility index (Phi) is 7.87. The van der Waals surface area contributed by atoms with E-state index in [1.807, 2.05) is 0 Å². The van der Waals surface area contributed by atoms with Gasteiger partial charge >= 0.3 is 0 Å². The van der Waals surface area contributed by atoms with E-state index in [2.05, 4.69) is 26.3 Å². The molecule has 0 radical (unpaired) electrons. The predicted molar refractivity (Wildman–Crippen MR) is 73.8 cm³/mol. The Hall–Kier alpha value is -0.0800. The van der Waals surface area contributed by atoms with Crippen LogP contribution in [0.25, 0.3) is 0 Å². The van der Waals surface area contributed by atoms with E-state index < -0.39 is 0 Å². The van der Waals surface area contributed by atoms with Gasteiger partial charge in [0.2, 0.25) is 0 Å². The lowest BCUT2D eigenvalue weighted by Crippen LogP contribution is -2.31. The van der Waals surface area contributed by atoms with Gasteiger partial charge in [0.25, 0.3) is 0 Å². The molecule has 17 heavy (non-hydrogen) atoms. The summed E-state index contributed by atoms with van der Waals surface area (Å²) < 4.78 is 0. The quantitative estimate of drug-likeness (QED) is 0.780. The van der Waals surface area contributed by atoms with Crippen LogP contribution < -0.4 is 5.48 Å². The smallest absolute Gasteiger partial charge is 0.0682 e. The summed E-state index contributed by atoms with van der Waals surface area (Å²) in [5, 5.41) is 0. The highest BCUT2D eigenvalue weighted by Gasteiger charge is 2.27. The summed E-state index contributed by atoms with van der Waals surface area (Å²) in [6, 6.07) is 0. The fraction of sp³-hybridized carbons (Fsp3) is 1.00. The average Bonchev–Trinajstić information content (AvgIpc) is 2.41. The van der Waals surface area contributed by atoms with Gasteiger partial charge in [0, 0.05) is 6.54 Å². The lowest BCUT2D eigenvalue weighted by Gasteiger charge is -2.32. The van der Waals surface area contributed by atoms with E-state index in [0.29, 0.717) is 0 Å². The molecule has 2 nitrogen and oxygen atoms in total. The zero-order chi connectivity index (χ0) is 12.5. The van der Waals surface area contributed by atoms with Crippen LogP contribution in [-0.2, 0) is 4.84 Å². The molecule has 0 aliphatic carbocycles. The van der Waals surface area contributed by atoms with E-state index in [1.165, 1.54) is 44.9 Å². The topological polar surface area (TPSA) is 21.3 Å². The van der Waals surface area contributed by atoms with Crippen molar-refractivity contribution in [1.82, 2.24) is 5.48 Å². The highest BCUT2D eigenvalue weighted by atomic mass is 16.6. The normalized spacial score (nSPS) is 31.6. The van der Waals surface area contributed by atoms with Gasteiger partial charge in [-0.15, -0.1) is 0 Å². The van der Waals surface area contributed by atoms with Gasteiger partial charge in [0.1, 0.15) is 0 Å². The molecule has 0 spiro atoms. The zero-order valence-corrected chi connectivity index (χ0v) is 12.0. The summed E-state index contributed by atoms with van der Waals surface area (Å²) in [6.45, 7) is 8.93. The highest BCUT2D eigenvalue weighted by molar-refractivity contribution is 4.78. The van der Waals surface area contributed by atoms with E-state index >= 15 is 0 Å². The van der Waals surface area contributed by atoms with Crippen molar-refractivity contribution in [3.63, 3.8) is 0 Å². The van der Waals surface area contributed by atoms with Gasteiger partial charge in [-0.25, -0.2) is 5.48 Å². The van der Waals surface area contributed by atoms with Gasteiger partial charge in [0.05, 0.1) is 6.61 Å². The SMILES string of the molecule is CCCC1CCCONC[C@@H](CCC)C1CC. The summed E-state index contributed by atoms with van der Waals surface area (Å²) in [5.74, 6) is 2.62. The van der Waals surface area contributed by atoms with E-state index in [1.54, 1.807) is 0 Å². The molecule has 0 aromatic heterocycles. The standard InChI is InChI=1S/C15H31NO/c1-4-8-13-10-7-11-17-16-12-14(9-5-2)15(13)6-3/h13-16H,4-12H2,1-3H3/t13?,14-,15?/m1/s1. The van der Waals surface area contributed by atoms with Crippen LogP contribution in [0.2, 0.25) is 0 Å². The minimum absolute atomic E-state index is 0.805. The van der Waals surface area contributed by atoms with E-state index in [9.17, 15) is 0 Å². The average molecular weight is 241 g/mol. The molecular weight excluding hydrogens is 210 g/mol. The molecule has 0 amide bonds. The van der Waals surface area contributed by atoms with E-state index in [4.69, 9.17) is 4.84 Å². The number of hydrogen-bond donors (Lipinski definition) is 1. The summed E-state index contributed by atoms with van der Waals surface area (Å²) in [7, 11) is 0. The number of hydroxylamine groups is 1. The van der Waals surface area contributed by atoms with Crippen LogP contribution in [0.4, 0.5) is 0 Å². The van der Waals surface area contributed by atoms with Crippen LogP contribution in [0.3, 0.4) is 0 Å². The largest absolute Gasteiger partial charge is 0.302 e. The van der Waals surface area contributed by atoms with Gasteiger partial charge in [-0.05, 0) is 37.0 Å². The Bertz CT molecular complexity index is 166. The number of hydrogen-bond acceptors (Lipinski definition) is 2. The maximum Gasteiger partial charge on any atom is 0.0682 e. The van der Waals surface area contributed by atoms with Crippen LogP contribution >= 0.6 is 0 Å². The Morgan fingerprint density at radius 2 is 1.76 bits per heavy atom. The molecule has 0 aromatic carbocycles. The van der Waals surface area contributed by atoms with Gasteiger partial charge < -0.3 is 4.84 Å². The monoisotopic (exact) mass is 241 g/mol. The van der Waals surface area contributed by atoms with Gasteiger partial charge in [-0.3, -0.25) is 0 Å². The second kappa shape index (κ2) is 8.93. The molecule has 2 heteroatoms. The first-order chi connectivity index (χ1) is 8.33. The Balaban J connectivity index is 2.67. The van der Waals surface area contributed by atoms with Crippen molar-refractivity contribution in [3.8, 4) is 0 Å². The van der Waals surface area contributed by atoms with Crippen molar-refractivity contribution in [3.05, 3.63) is 0 Å². The van der Waals surface area contributed by atoms with Crippen LogP contribution in [-0.4, -0.2) is 13.2 Å². The predicted octanol–water partition coefficient (Wildman–Crippen LogP) is 4.16. The van der Waals surface area contributed by atoms with Crippen molar-refractivity contribution < 1.29 is 4.84 Å². The molecule has 1 saturated heterocycles. The van der Waals surface area contributed by atoms with Gasteiger partial charge in [0.15, 0.2) is 0 Å². The van der Waals surface area contributed by atoms with Gasteiger partial charge in [-0.1, -0.05) is 46.5 Å². The molecule has 102 valence electrons. The van der Waals surface area contributed by atoms with Crippen molar-refractivity contribution in [1.29, 1.82) is 0 Å². The Labute approximate surface area is 107 Å². The molecule has 3 atom stereocenters. The molecule has 1 aliphatic heterocycles. The first-order valence-corrected chi connectivity index (χ1v) is 7.68. The van der Waals surface area contributed by atoms with Crippen molar-refractivity contribution in [2.24, 2.45) is 17.8 Å². The summed E-state index contributed by atoms with van der Waals surface area (Å²) in [5.41, 5.74) is 3.19. The molecule has 1 rings (SSSR count). The highest BCUT2D eigenvalue weighted by Crippen LogP contribution is 2.34. The molecular formula is C15H31NO. The lowest BCUT2D eigenvalue weighted by molar-refractivity contribution is 0.0298. The fourth-order valence-electron chi connectivity index (χ4n) is 3.49. The minimum Gasteiger partial charge on any atom is -0.302 e. The molecule has 1 aliphatic rings. The molecule has 0 aromatic rings. The van der Waals surface area contributed by atoms with Gasteiger partial charge in [-0.2, -0.15) is 0 Å². The summed E-state index contributed by atoms with van der Waals surface area (Å²) >= 11 is 0. The summed E-state index contributed by atoms with van der Waals surface area (Å²) in [4.78, 5) is 5.50. The third-order valence-electron chi connectivity index (χ3n) is 4.27. The third-order valence-corrected chi connectivity index (χ3v) is 4.27. The lowest BCUT2D eigenvalue weighted by atomic mass is 9.74. The van der Waals surface area contributed by atoms with Crippen molar-refractivity contribution in [2.75, 3.05) is 13.2 Å². The fourth-order valence-corrected chi connectivity index (χ4v) is 3.49. The van der Waals surface area contributed by atoms with Crippen LogP contribution in [0.1, 0.15) is 65.7 Å². The Morgan fingerprint density at radius 1 is 1.06 bits per heavy atom. The zero-order valence-electron chi connectivity index (χ0n) is 12.0. The van der Waals surface area contributed by atoms with Crippen LogP contribution in [0.5, 0.6) is 0 Å². The summed E-state index contributed by atoms with van der Waals surface area (Å²) in [6.07, 6.45) is 9.27. The Morgan fingerprint density at radius 3 is 2.41 bits per heavy atom. The maximum atomic E-state index is 5.50. The second-order valence-electron chi connectivity index (χ2n) is 5.51. The molecule has 1 heterocycles. The van der Waals surface area contributed by atoms with Crippen molar-refractivity contribution >= 4 is 0 Å². The maximum absolute atomic E-state index is 5.50. The molecule has 1 N–H and O–H groups in total. The molecule has 0 bridgehead atoms. The molecule has 2 unspecified atom stereocenters. The van der Waals surface area contributed by atoms with E-state index in [-0.39, 0.29) is 0 Å². The number of rotatable bonds is 5. The molecule has 0 saturated carbocycles. The third kappa shape index (κ3) is 4.97. The number of nitrogens with one attached hydrogen (secondary N) is 1. The molecule has 1 fully saturated rings. The van der Waals surface area contributed by atoms with Crippen LogP contribution in [0, 0.1) is 17.8 Å². The van der Waals surface area contributed by atoms with E-state index in [0.717, 1.165) is 30.9 Å².